The Morgan fingerprint density at radius 3 is 1.55 bits per heavy atom. The Balaban J connectivity index is 0.000000149. The molecule has 0 aliphatic carbocycles. The number of hydrogen-bond acceptors (Lipinski definition) is 10. The highest BCUT2D eigenvalue weighted by atomic mass is 32.1. The average Bonchev–Trinajstić information content (AvgIpc) is 4.00. The smallest absolute Gasteiger partial charge is 0.123 e. The van der Waals surface area contributed by atoms with Crippen molar-refractivity contribution < 1.29 is 18.3 Å². The first-order valence-electron chi connectivity index (χ1n) is 18.5. The van der Waals surface area contributed by atoms with Crippen molar-refractivity contribution in [3.05, 3.63) is 131 Å². The summed E-state index contributed by atoms with van der Waals surface area (Å²) in [6, 6.07) is 30.6. The Kier molecular flexibility index (Phi) is 11.2. The molecule has 1 unspecified atom stereocenters. The van der Waals surface area contributed by atoms with Crippen LogP contribution in [0.5, 0.6) is 0 Å². The number of pyridine rings is 2. The molecule has 8 aromatic rings. The van der Waals surface area contributed by atoms with Gasteiger partial charge < -0.3 is 19.3 Å². The van der Waals surface area contributed by atoms with E-state index >= 15 is 0 Å². The molecule has 4 aromatic heterocycles. The van der Waals surface area contributed by atoms with Gasteiger partial charge in [-0.3, -0.25) is 9.97 Å². The summed E-state index contributed by atoms with van der Waals surface area (Å²) < 4.78 is 40.2. The van der Waals surface area contributed by atoms with Crippen molar-refractivity contribution in [2.24, 2.45) is 0 Å². The van der Waals surface area contributed by atoms with E-state index in [0.29, 0.717) is 25.2 Å². The van der Waals surface area contributed by atoms with Crippen molar-refractivity contribution in [3.63, 3.8) is 0 Å². The first kappa shape index (κ1) is 36.8. The highest BCUT2D eigenvalue weighted by Gasteiger charge is 2.27. The lowest BCUT2D eigenvalue weighted by atomic mass is 10.1. The van der Waals surface area contributed by atoms with Crippen LogP contribution in [0.2, 0.25) is 0 Å². The van der Waals surface area contributed by atoms with Crippen LogP contribution >= 0.6 is 22.7 Å². The molecule has 0 spiro atoms. The maximum atomic E-state index is 13.4. The fourth-order valence-electron chi connectivity index (χ4n) is 6.88. The largest absolute Gasteiger partial charge is 0.379 e. The van der Waals surface area contributed by atoms with Crippen LogP contribution in [0.3, 0.4) is 0 Å². The Bertz CT molecular complexity index is 2550. The van der Waals surface area contributed by atoms with Crippen molar-refractivity contribution in [2.45, 2.75) is 45.4 Å². The summed E-state index contributed by atoms with van der Waals surface area (Å²) in [5.41, 5.74) is 11.6. The Hall–Kier alpha value is -5.14. The molecule has 0 amide bonds. The van der Waals surface area contributed by atoms with Gasteiger partial charge in [0.05, 0.1) is 98.9 Å². The molecular formula is C43H40F2N6O2S2. The normalized spacial score (nSPS) is 15.4. The van der Waals surface area contributed by atoms with Gasteiger partial charge in [-0.2, -0.15) is 0 Å². The number of ether oxygens (including phenoxy) is 2. The van der Waals surface area contributed by atoms with Crippen LogP contribution in [0, 0.1) is 11.6 Å². The first-order valence-corrected chi connectivity index (χ1v) is 20.2. The third-order valence-corrected chi connectivity index (χ3v) is 11.4. The molecule has 2 fully saturated rings. The standard InChI is InChI=1S/C21H18FN3OS.C20H16FN3OS.C2H6/c22-15-2-5-19-14(9-15)1-3-16(24-19)11-25(18-7-8-26-12-18)17-4-6-20-21(10-17)27-13-23-20;21-14-2-5-18-13(7-14)1-3-15(23-18)9-24(17-10-25-11-17)16-4-6-19-20(8-16)26-12-22-19;1-2/h1-6,9-10,13,18H,7-8,11-12H2;1-8,12,17H,9-11H2;1-2H3. The third-order valence-electron chi connectivity index (χ3n) is 9.78. The second-order valence-corrected chi connectivity index (χ2v) is 15.0. The molecule has 6 heterocycles. The van der Waals surface area contributed by atoms with Gasteiger partial charge in [0.25, 0.3) is 0 Å². The molecule has 0 saturated carbocycles. The minimum atomic E-state index is -0.238. The molecule has 0 radical (unpaired) electrons. The summed E-state index contributed by atoms with van der Waals surface area (Å²) in [4.78, 5) is 22.9. The maximum absolute atomic E-state index is 13.4. The second kappa shape index (κ2) is 16.7. The lowest BCUT2D eigenvalue weighted by Crippen LogP contribution is -2.49. The van der Waals surface area contributed by atoms with Crippen LogP contribution in [-0.2, 0) is 22.6 Å². The number of aromatic nitrogens is 4. The highest BCUT2D eigenvalue weighted by Crippen LogP contribution is 2.31. The van der Waals surface area contributed by atoms with E-state index in [0.717, 1.165) is 88.5 Å². The molecule has 12 heteroatoms. The van der Waals surface area contributed by atoms with Crippen molar-refractivity contribution >= 4 is 76.3 Å². The van der Waals surface area contributed by atoms with Gasteiger partial charge in [0.2, 0.25) is 0 Å². The first-order chi connectivity index (χ1) is 27.0. The second-order valence-electron chi connectivity index (χ2n) is 13.3. The third kappa shape index (κ3) is 8.28. The van der Waals surface area contributed by atoms with Gasteiger partial charge in [-0.25, -0.2) is 18.7 Å². The number of halogens is 2. The minimum absolute atomic E-state index is 0.236. The zero-order valence-corrected chi connectivity index (χ0v) is 32.2. The van der Waals surface area contributed by atoms with E-state index in [1.54, 1.807) is 34.8 Å². The molecule has 2 aliphatic heterocycles. The SMILES string of the molecule is CC.Fc1ccc2nc(CN(c3ccc4ncsc4c3)C3CCOC3)ccc2c1.Fc1ccc2nc(CN(c3ccc4ncsc4c3)C3COC3)ccc2c1. The molecule has 0 N–H and O–H groups in total. The van der Waals surface area contributed by atoms with Crippen molar-refractivity contribution in [3.8, 4) is 0 Å². The number of hydrogen-bond donors (Lipinski definition) is 0. The van der Waals surface area contributed by atoms with Gasteiger partial charge in [0, 0.05) is 28.8 Å². The van der Waals surface area contributed by atoms with Crippen LogP contribution in [0.1, 0.15) is 31.7 Å². The highest BCUT2D eigenvalue weighted by molar-refractivity contribution is 7.17. The van der Waals surface area contributed by atoms with E-state index in [1.165, 1.54) is 33.7 Å². The van der Waals surface area contributed by atoms with Crippen LogP contribution < -0.4 is 9.80 Å². The fourth-order valence-corrected chi connectivity index (χ4v) is 8.30. The predicted molar refractivity (Wildman–Crippen MR) is 220 cm³/mol. The van der Waals surface area contributed by atoms with E-state index in [1.807, 2.05) is 49.1 Å². The summed E-state index contributed by atoms with van der Waals surface area (Å²) in [6.07, 6.45) is 1.000. The molecule has 0 bridgehead atoms. The molecule has 8 nitrogen and oxygen atoms in total. The molecule has 55 heavy (non-hydrogen) atoms. The number of anilines is 2. The summed E-state index contributed by atoms with van der Waals surface area (Å²) in [7, 11) is 0. The van der Waals surface area contributed by atoms with Gasteiger partial charge in [-0.05, 0) is 91.3 Å². The van der Waals surface area contributed by atoms with Crippen molar-refractivity contribution in [1.82, 2.24) is 19.9 Å². The molecule has 280 valence electrons. The summed E-state index contributed by atoms with van der Waals surface area (Å²) in [6.45, 7) is 8.32. The van der Waals surface area contributed by atoms with Crippen LogP contribution in [0.15, 0.2) is 108 Å². The lowest BCUT2D eigenvalue weighted by molar-refractivity contribution is 0.00737. The van der Waals surface area contributed by atoms with E-state index in [4.69, 9.17) is 19.4 Å². The van der Waals surface area contributed by atoms with Crippen molar-refractivity contribution in [1.29, 1.82) is 0 Å². The van der Waals surface area contributed by atoms with E-state index in [9.17, 15) is 8.78 Å². The predicted octanol–water partition coefficient (Wildman–Crippen LogP) is 10.2. The van der Waals surface area contributed by atoms with E-state index < -0.39 is 0 Å². The number of nitrogens with zero attached hydrogens (tertiary/aromatic N) is 6. The average molecular weight is 775 g/mol. The lowest BCUT2D eigenvalue weighted by Gasteiger charge is -2.38. The number of fused-ring (bicyclic) bond motifs is 4. The summed E-state index contributed by atoms with van der Waals surface area (Å²) in [5.74, 6) is -0.474. The minimum Gasteiger partial charge on any atom is -0.379 e. The van der Waals surface area contributed by atoms with Gasteiger partial charge in [-0.1, -0.05) is 26.0 Å². The Morgan fingerprint density at radius 2 is 1.07 bits per heavy atom. The van der Waals surface area contributed by atoms with Gasteiger partial charge in [-0.15, -0.1) is 22.7 Å². The molecule has 1 atom stereocenters. The van der Waals surface area contributed by atoms with Gasteiger partial charge in [0.1, 0.15) is 11.6 Å². The topological polar surface area (TPSA) is 76.5 Å². The number of thiazole rings is 2. The van der Waals surface area contributed by atoms with E-state index in [-0.39, 0.29) is 11.6 Å². The zero-order chi connectivity index (χ0) is 37.7. The van der Waals surface area contributed by atoms with Crippen LogP contribution in [0.25, 0.3) is 42.2 Å². The maximum Gasteiger partial charge on any atom is 0.123 e. The zero-order valence-electron chi connectivity index (χ0n) is 30.6. The molecule has 2 saturated heterocycles. The van der Waals surface area contributed by atoms with Crippen molar-refractivity contribution in [2.75, 3.05) is 36.2 Å². The Labute approximate surface area is 326 Å². The summed E-state index contributed by atoms with van der Waals surface area (Å²) in [5, 5.41) is 1.64. The molecular weight excluding hydrogens is 735 g/mol. The van der Waals surface area contributed by atoms with Crippen LogP contribution in [0.4, 0.5) is 20.2 Å². The summed E-state index contributed by atoms with van der Waals surface area (Å²) >= 11 is 3.30. The van der Waals surface area contributed by atoms with Crippen LogP contribution in [-0.4, -0.2) is 58.4 Å². The quantitative estimate of drug-likeness (QED) is 0.151. The molecule has 4 aromatic carbocycles. The number of rotatable bonds is 8. The monoisotopic (exact) mass is 774 g/mol. The van der Waals surface area contributed by atoms with Gasteiger partial charge in [0.15, 0.2) is 0 Å². The number of benzene rings is 4. The van der Waals surface area contributed by atoms with E-state index in [2.05, 4.69) is 56.2 Å². The molecule has 2 aliphatic rings. The van der Waals surface area contributed by atoms with Gasteiger partial charge >= 0.3 is 0 Å². The fraction of sp³-hybridized carbons (Fsp3) is 0.256. The molecule has 10 rings (SSSR count). The Morgan fingerprint density at radius 1 is 0.582 bits per heavy atom.